The van der Waals surface area contributed by atoms with E-state index in [1.807, 2.05) is 34.6 Å². The molecule has 4 nitrogen and oxygen atoms in total. The summed E-state index contributed by atoms with van der Waals surface area (Å²) in [5.41, 5.74) is 0.904. The molecule has 1 N–H and O–H groups in total. The van der Waals surface area contributed by atoms with Crippen LogP contribution in [0.5, 0.6) is 0 Å². The molecule has 1 aromatic heterocycles. The number of carbonyl (C=O) groups is 1. The highest BCUT2D eigenvalue weighted by Crippen LogP contribution is 2.21. The van der Waals surface area contributed by atoms with Crippen molar-refractivity contribution in [2.75, 3.05) is 6.54 Å². The summed E-state index contributed by atoms with van der Waals surface area (Å²) in [7, 11) is 0. The molecule has 2 rings (SSSR count). The number of hydrogen-bond acceptors (Lipinski definition) is 3. The second-order valence-electron chi connectivity index (χ2n) is 2.93. The maximum absolute atomic E-state index is 11.3. The van der Waals surface area contributed by atoms with E-state index in [2.05, 4.69) is 10.3 Å². The van der Waals surface area contributed by atoms with Gasteiger partial charge in [0.1, 0.15) is 5.76 Å². The van der Waals surface area contributed by atoms with Gasteiger partial charge in [0, 0.05) is 13.0 Å². The molecule has 1 aliphatic heterocycles. The Morgan fingerprint density at radius 2 is 1.94 bits per heavy atom. The second kappa shape index (κ2) is 9.87. The van der Waals surface area contributed by atoms with Gasteiger partial charge in [-0.1, -0.05) is 35.1 Å². The molecule has 1 aliphatic rings. The van der Waals surface area contributed by atoms with Gasteiger partial charge in [-0.15, -0.1) is 0 Å². The van der Waals surface area contributed by atoms with Crippen molar-refractivity contribution in [3.8, 4) is 0 Å². The number of nitrogens with one attached hydrogen (secondary N) is 1. The lowest BCUT2D eigenvalue weighted by Crippen LogP contribution is -2.26. The zero-order chi connectivity index (χ0) is 12.6. The van der Waals surface area contributed by atoms with Gasteiger partial charge in [0.05, 0.1) is 11.6 Å². The van der Waals surface area contributed by atoms with Crippen LogP contribution in [-0.2, 0) is 11.2 Å². The van der Waals surface area contributed by atoms with Crippen LogP contribution in [0.1, 0.15) is 59.4 Å². The fourth-order valence-corrected chi connectivity index (χ4v) is 1.39. The van der Waals surface area contributed by atoms with Crippen LogP contribution in [-0.4, -0.2) is 17.4 Å². The maximum atomic E-state index is 11.3. The van der Waals surface area contributed by atoms with E-state index in [1.165, 1.54) is 6.39 Å². The van der Waals surface area contributed by atoms with Crippen molar-refractivity contribution in [2.24, 2.45) is 0 Å². The Bertz CT molecular complexity index is 308. The summed E-state index contributed by atoms with van der Waals surface area (Å²) < 4.78 is 5.15. The van der Waals surface area contributed by atoms with Crippen LogP contribution >= 0.6 is 0 Å². The first kappa shape index (κ1) is 18.1. The van der Waals surface area contributed by atoms with E-state index < -0.39 is 0 Å². The van der Waals surface area contributed by atoms with Crippen molar-refractivity contribution in [3.05, 3.63) is 17.8 Å². The van der Waals surface area contributed by atoms with Gasteiger partial charge >= 0.3 is 0 Å². The van der Waals surface area contributed by atoms with E-state index in [0.29, 0.717) is 12.3 Å². The smallest absolute Gasteiger partial charge is 0.230 e. The molecule has 0 saturated carbocycles. The van der Waals surface area contributed by atoms with Crippen LogP contribution in [0.15, 0.2) is 10.8 Å². The summed E-state index contributed by atoms with van der Waals surface area (Å²) in [6, 6.07) is 0. The van der Waals surface area contributed by atoms with Crippen molar-refractivity contribution < 1.29 is 9.21 Å². The molecule has 0 spiro atoms. The molecular formula is C13H26N2O2. The first-order chi connectivity index (χ1) is 7.79. The zero-order valence-corrected chi connectivity index (χ0v) is 10.8. The standard InChI is InChI=1S/C8H10N2O2.2C2H6.CH4/c1-5-7-6(10-4-12-7)2-3-9-8(5)11;2*1-2;/h4-5H,2-3H2,1H3,(H,9,11);2*1-2H3;1H4. The first-order valence-corrected chi connectivity index (χ1v) is 5.99. The Morgan fingerprint density at radius 1 is 1.35 bits per heavy atom. The molecule has 1 amide bonds. The predicted molar refractivity (Wildman–Crippen MR) is 71.1 cm³/mol. The summed E-state index contributed by atoms with van der Waals surface area (Å²) in [6.07, 6.45) is 2.17. The van der Waals surface area contributed by atoms with Crippen molar-refractivity contribution >= 4 is 5.91 Å². The normalized spacial score (nSPS) is 16.8. The number of carbonyl (C=O) groups excluding carboxylic acids is 1. The summed E-state index contributed by atoms with van der Waals surface area (Å²) >= 11 is 0. The molecule has 0 fully saturated rings. The molecule has 17 heavy (non-hydrogen) atoms. The van der Waals surface area contributed by atoms with Crippen molar-refractivity contribution in [1.82, 2.24) is 10.3 Å². The molecule has 0 bridgehead atoms. The molecule has 1 unspecified atom stereocenters. The van der Waals surface area contributed by atoms with Gasteiger partial charge in [-0.05, 0) is 6.92 Å². The van der Waals surface area contributed by atoms with Gasteiger partial charge in [-0.25, -0.2) is 4.98 Å². The summed E-state index contributed by atoms with van der Waals surface area (Å²) in [5.74, 6) is 0.528. The fourth-order valence-electron chi connectivity index (χ4n) is 1.39. The number of hydrogen-bond donors (Lipinski definition) is 1. The zero-order valence-electron chi connectivity index (χ0n) is 10.8. The average molecular weight is 242 g/mol. The molecule has 0 radical (unpaired) electrons. The molecule has 0 aromatic carbocycles. The molecular weight excluding hydrogens is 216 g/mol. The topological polar surface area (TPSA) is 55.1 Å². The van der Waals surface area contributed by atoms with Gasteiger partial charge in [-0.3, -0.25) is 4.79 Å². The third kappa shape index (κ3) is 4.59. The van der Waals surface area contributed by atoms with Gasteiger partial charge in [0.15, 0.2) is 6.39 Å². The molecule has 100 valence electrons. The van der Waals surface area contributed by atoms with E-state index in [0.717, 1.165) is 12.1 Å². The van der Waals surface area contributed by atoms with E-state index in [4.69, 9.17) is 4.42 Å². The number of fused-ring (bicyclic) bond motifs is 1. The molecule has 1 aromatic rings. The predicted octanol–water partition coefficient (Wildman–Crippen LogP) is 3.14. The summed E-state index contributed by atoms with van der Waals surface area (Å²) in [5, 5.41) is 2.79. The lowest BCUT2D eigenvalue weighted by atomic mass is 10.1. The highest BCUT2D eigenvalue weighted by Gasteiger charge is 2.25. The Labute approximate surface area is 105 Å². The molecule has 4 heteroatoms. The van der Waals surface area contributed by atoms with Crippen LogP contribution in [0.4, 0.5) is 0 Å². The van der Waals surface area contributed by atoms with E-state index in [-0.39, 0.29) is 19.3 Å². The quantitative estimate of drug-likeness (QED) is 0.760. The van der Waals surface area contributed by atoms with Crippen LogP contribution in [0.25, 0.3) is 0 Å². The van der Waals surface area contributed by atoms with Crippen LogP contribution < -0.4 is 5.32 Å². The fraction of sp³-hybridized carbons (Fsp3) is 0.692. The van der Waals surface area contributed by atoms with E-state index in [9.17, 15) is 4.79 Å². The second-order valence-corrected chi connectivity index (χ2v) is 2.93. The Morgan fingerprint density at radius 3 is 2.53 bits per heavy atom. The molecule has 0 saturated heterocycles. The number of aromatic nitrogens is 1. The minimum absolute atomic E-state index is 0. The van der Waals surface area contributed by atoms with Crippen molar-refractivity contribution in [3.63, 3.8) is 0 Å². The SMILES string of the molecule is C.CC.CC.CC1C(=O)NCCc2ncoc21. The Hall–Kier alpha value is -1.32. The minimum atomic E-state index is -0.204. The largest absolute Gasteiger partial charge is 0.447 e. The number of rotatable bonds is 0. The third-order valence-electron chi connectivity index (χ3n) is 2.12. The maximum Gasteiger partial charge on any atom is 0.230 e. The number of amides is 1. The molecule has 1 atom stereocenters. The summed E-state index contributed by atoms with van der Waals surface area (Å²) in [4.78, 5) is 15.3. The van der Waals surface area contributed by atoms with Crippen molar-refractivity contribution in [2.45, 2.75) is 54.4 Å². The Balaban J connectivity index is 0. The van der Waals surface area contributed by atoms with Gasteiger partial charge in [0.2, 0.25) is 5.91 Å². The van der Waals surface area contributed by atoms with Gasteiger partial charge in [-0.2, -0.15) is 0 Å². The Kier molecular flexibility index (Phi) is 10.5. The lowest BCUT2D eigenvalue weighted by molar-refractivity contribution is -0.122. The molecule has 0 aliphatic carbocycles. The monoisotopic (exact) mass is 242 g/mol. The summed E-state index contributed by atoms with van der Waals surface area (Å²) in [6.45, 7) is 10.5. The van der Waals surface area contributed by atoms with E-state index >= 15 is 0 Å². The first-order valence-electron chi connectivity index (χ1n) is 5.99. The van der Waals surface area contributed by atoms with Crippen molar-refractivity contribution in [1.29, 1.82) is 0 Å². The highest BCUT2D eigenvalue weighted by atomic mass is 16.3. The third-order valence-corrected chi connectivity index (χ3v) is 2.12. The van der Waals surface area contributed by atoms with Gasteiger partial charge < -0.3 is 9.73 Å². The van der Waals surface area contributed by atoms with Crippen LogP contribution in [0, 0.1) is 0 Å². The lowest BCUT2D eigenvalue weighted by Gasteiger charge is -2.03. The minimum Gasteiger partial charge on any atom is -0.447 e. The van der Waals surface area contributed by atoms with Crippen LogP contribution in [0.3, 0.4) is 0 Å². The van der Waals surface area contributed by atoms with Crippen LogP contribution in [0.2, 0.25) is 0 Å². The van der Waals surface area contributed by atoms with E-state index in [1.54, 1.807) is 0 Å². The number of oxazole rings is 1. The molecule has 2 heterocycles. The average Bonchev–Trinajstić information content (AvgIpc) is 2.77. The van der Waals surface area contributed by atoms with Gasteiger partial charge in [0.25, 0.3) is 0 Å². The highest BCUT2D eigenvalue weighted by molar-refractivity contribution is 5.83. The number of nitrogens with zero attached hydrogens (tertiary/aromatic N) is 1.